The zero-order valence-electron chi connectivity index (χ0n) is 10.9. The first-order chi connectivity index (χ1) is 9.00. The summed E-state index contributed by atoms with van der Waals surface area (Å²) in [6.07, 6.45) is 1.49. The Labute approximate surface area is 126 Å². The summed E-state index contributed by atoms with van der Waals surface area (Å²) in [7, 11) is 0. The van der Waals surface area contributed by atoms with Crippen LogP contribution >= 0.6 is 27.7 Å². The quantitative estimate of drug-likeness (QED) is 0.887. The van der Waals surface area contributed by atoms with Crippen molar-refractivity contribution in [1.82, 2.24) is 5.32 Å². The van der Waals surface area contributed by atoms with Gasteiger partial charge in [-0.15, -0.1) is 0 Å². The summed E-state index contributed by atoms with van der Waals surface area (Å²) in [4.78, 5) is 12.2. The fraction of sp³-hybridized carbons (Fsp3) is 0.500. The number of benzene rings is 1. The van der Waals surface area contributed by atoms with Gasteiger partial charge in [0.25, 0.3) is 5.91 Å². The number of rotatable bonds is 3. The van der Waals surface area contributed by atoms with Gasteiger partial charge in [0.1, 0.15) is 0 Å². The largest absolute Gasteiger partial charge is 0.388 e. The van der Waals surface area contributed by atoms with Gasteiger partial charge in [0.05, 0.1) is 5.60 Å². The van der Waals surface area contributed by atoms with E-state index in [2.05, 4.69) is 21.2 Å². The monoisotopic (exact) mass is 343 g/mol. The second-order valence-electron chi connectivity index (χ2n) is 4.98. The minimum atomic E-state index is -0.735. The number of aliphatic hydroxyl groups is 1. The average Bonchev–Trinajstić information content (AvgIpc) is 2.40. The summed E-state index contributed by atoms with van der Waals surface area (Å²) >= 11 is 5.22. The smallest absolute Gasteiger partial charge is 0.251 e. The minimum absolute atomic E-state index is 0.120. The van der Waals surface area contributed by atoms with Gasteiger partial charge < -0.3 is 10.4 Å². The molecule has 0 saturated carbocycles. The van der Waals surface area contributed by atoms with Crippen molar-refractivity contribution in [3.05, 3.63) is 33.8 Å². The van der Waals surface area contributed by atoms with Crippen LogP contribution in [0.25, 0.3) is 0 Å². The lowest BCUT2D eigenvalue weighted by molar-refractivity contribution is 0.0311. The zero-order chi connectivity index (χ0) is 13.9. The third-order valence-corrected chi connectivity index (χ3v) is 4.92. The molecule has 1 aromatic carbocycles. The van der Waals surface area contributed by atoms with Crippen LogP contribution in [-0.2, 0) is 0 Å². The third kappa shape index (κ3) is 3.97. The molecule has 1 heterocycles. The molecule has 5 heteroatoms. The molecule has 1 saturated heterocycles. The van der Waals surface area contributed by atoms with E-state index in [-0.39, 0.29) is 5.91 Å². The maximum Gasteiger partial charge on any atom is 0.251 e. The molecule has 104 valence electrons. The van der Waals surface area contributed by atoms with Crippen molar-refractivity contribution in [3.63, 3.8) is 0 Å². The van der Waals surface area contributed by atoms with Crippen LogP contribution in [0.2, 0.25) is 0 Å². The van der Waals surface area contributed by atoms with Gasteiger partial charge in [0, 0.05) is 16.6 Å². The number of hydrogen-bond donors (Lipinski definition) is 2. The molecule has 3 nitrogen and oxygen atoms in total. The van der Waals surface area contributed by atoms with Crippen LogP contribution < -0.4 is 5.32 Å². The van der Waals surface area contributed by atoms with E-state index in [0.717, 1.165) is 34.4 Å². The molecular formula is C14H18BrNO2S. The number of halogens is 1. The molecule has 2 N–H and O–H groups in total. The van der Waals surface area contributed by atoms with Crippen LogP contribution in [0.3, 0.4) is 0 Å². The third-order valence-electron chi connectivity index (χ3n) is 3.45. The molecular weight excluding hydrogens is 326 g/mol. The molecule has 0 unspecified atom stereocenters. The van der Waals surface area contributed by atoms with Crippen molar-refractivity contribution in [3.8, 4) is 0 Å². The van der Waals surface area contributed by atoms with Gasteiger partial charge in [-0.1, -0.05) is 22.0 Å². The number of amides is 1. The van der Waals surface area contributed by atoms with Crippen LogP contribution in [0.15, 0.2) is 22.7 Å². The number of carbonyl (C=O) groups is 1. The number of thioether (sulfide) groups is 1. The second kappa shape index (κ2) is 6.29. The predicted molar refractivity (Wildman–Crippen MR) is 82.7 cm³/mol. The van der Waals surface area contributed by atoms with Crippen LogP contribution in [0.1, 0.15) is 28.8 Å². The Bertz CT molecular complexity index is 473. The highest BCUT2D eigenvalue weighted by atomic mass is 79.9. The fourth-order valence-electron chi connectivity index (χ4n) is 2.11. The molecule has 0 aromatic heterocycles. The van der Waals surface area contributed by atoms with Crippen molar-refractivity contribution in [2.45, 2.75) is 25.4 Å². The van der Waals surface area contributed by atoms with Gasteiger partial charge in [-0.25, -0.2) is 0 Å². The number of aryl methyl sites for hydroxylation is 1. The molecule has 0 atom stereocenters. The molecule has 1 amide bonds. The highest BCUT2D eigenvalue weighted by molar-refractivity contribution is 9.10. The molecule has 0 spiro atoms. The first kappa shape index (κ1) is 14.9. The molecule has 19 heavy (non-hydrogen) atoms. The number of nitrogens with one attached hydrogen (secondary N) is 1. The van der Waals surface area contributed by atoms with Crippen LogP contribution in [0.5, 0.6) is 0 Å². The zero-order valence-corrected chi connectivity index (χ0v) is 13.3. The summed E-state index contributed by atoms with van der Waals surface area (Å²) in [5.41, 5.74) is 0.857. The lowest BCUT2D eigenvalue weighted by atomic mass is 9.96. The lowest BCUT2D eigenvalue weighted by Gasteiger charge is -2.31. The molecule has 1 aliphatic rings. The van der Waals surface area contributed by atoms with E-state index in [4.69, 9.17) is 0 Å². The van der Waals surface area contributed by atoms with E-state index in [1.807, 2.05) is 36.9 Å². The molecule has 0 radical (unpaired) electrons. The summed E-state index contributed by atoms with van der Waals surface area (Å²) in [5.74, 6) is 1.80. The maximum absolute atomic E-state index is 12.2. The number of carbonyl (C=O) groups excluding carboxylic acids is 1. The Hall–Kier alpha value is -0.520. The van der Waals surface area contributed by atoms with Crippen molar-refractivity contribution in [1.29, 1.82) is 0 Å². The van der Waals surface area contributed by atoms with Gasteiger partial charge in [0.15, 0.2) is 0 Å². The van der Waals surface area contributed by atoms with E-state index < -0.39 is 5.60 Å². The lowest BCUT2D eigenvalue weighted by Crippen LogP contribution is -2.45. The topological polar surface area (TPSA) is 49.3 Å². The normalized spacial score (nSPS) is 18.1. The van der Waals surface area contributed by atoms with Gasteiger partial charge >= 0.3 is 0 Å². The number of hydrogen-bond acceptors (Lipinski definition) is 3. The minimum Gasteiger partial charge on any atom is -0.388 e. The van der Waals surface area contributed by atoms with Gasteiger partial charge in [-0.3, -0.25) is 4.79 Å². The highest BCUT2D eigenvalue weighted by Crippen LogP contribution is 2.26. The Morgan fingerprint density at radius 2 is 2.16 bits per heavy atom. The van der Waals surface area contributed by atoms with Crippen molar-refractivity contribution >= 4 is 33.6 Å². The van der Waals surface area contributed by atoms with Crippen LogP contribution in [0.4, 0.5) is 0 Å². The summed E-state index contributed by atoms with van der Waals surface area (Å²) < 4.78 is 0.885. The first-order valence-corrected chi connectivity index (χ1v) is 8.29. The molecule has 1 aliphatic heterocycles. The van der Waals surface area contributed by atoms with Crippen molar-refractivity contribution in [2.24, 2.45) is 0 Å². The second-order valence-corrected chi connectivity index (χ2v) is 7.12. The van der Waals surface area contributed by atoms with Crippen molar-refractivity contribution in [2.75, 3.05) is 18.1 Å². The van der Waals surface area contributed by atoms with E-state index in [9.17, 15) is 9.90 Å². The van der Waals surface area contributed by atoms with Gasteiger partial charge in [-0.2, -0.15) is 11.8 Å². The van der Waals surface area contributed by atoms with E-state index in [1.165, 1.54) is 0 Å². The Morgan fingerprint density at radius 3 is 2.84 bits per heavy atom. The van der Waals surface area contributed by atoms with Crippen molar-refractivity contribution < 1.29 is 9.90 Å². The molecule has 1 aromatic rings. The van der Waals surface area contributed by atoms with Crippen LogP contribution in [0, 0.1) is 6.92 Å². The summed E-state index contributed by atoms with van der Waals surface area (Å²) in [5, 5.41) is 13.2. The SMILES string of the molecule is Cc1ccc(Br)cc1C(=O)NCC1(O)CCSCC1. The molecule has 0 aliphatic carbocycles. The standard InChI is InChI=1S/C14H18BrNO2S/c1-10-2-3-11(15)8-12(10)13(17)16-9-14(18)4-6-19-7-5-14/h2-3,8,18H,4-7,9H2,1H3,(H,16,17). The summed E-state index contributed by atoms with van der Waals surface area (Å²) in [6.45, 7) is 2.24. The fourth-order valence-corrected chi connectivity index (χ4v) is 3.72. The maximum atomic E-state index is 12.2. The van der Waals surface area contributed by atoms with Crippen LogP contribution in [-0.4, -0.2) is 34.7 Å². The molecule has 1 fully saturated rings. The predicted octanol–water partition coefficient (Wildman–Crippen LogP) is 2.75. The van der Waals surface area contributed by atoms with Gasteiger partial charge in [-0.05, 0) is 49.0 Å². The Kier molecular flexibility index (Phi) is 4.92. The van der Waals surface area contributed by atoms with E-state index in [0.29, 0.717) is 12.1 Å². The van der Waals surface area contributed by atoms with E-state index in [1.54, 1.807) is 0 Å². The summed E-state index contributed by atoms with van der Waals surface area (Å²) in [6, 6.07) is 5.63. The Morgan fingerprint density at radius 1 is 1.47 bits per heavy atom. The highest BCUT2D eigenvalue weighted by Gasteiger charge is 2.30. The molecule has 0 bridgehead atoms. The van der Waals surface area contributed by atoms with Gasteiger partial charge in [0.2, 0.25) is 0 Å². The molecule has 2 rings (SSSR count). The Balaban J connectivity index is 1.99. The average molecular weight is 344 g/mol. The first-order valence-electron chi connectivity index (χ1n) is 6.35. The van der Waals surface area contributed by atoms with E-state index >= 15 is 0 Å².